The lowest BCUT2D eigenvalue weighted by atomic mass is 10.1. The van der Waals surface area contributed by atoms with E-state index in [2.05, 4.69) is 69.0 Å². The molecule has 6 heteroatoms. The van der Waals surface area contributed by atoms with Crippen LogP contribution < -0.4 is 0 Å². The molecule has 0 aliphatic heterocycles. The van der Waals surface area contributed by atoms with Crippen molar-refractivity contribution < 1.29 is 0 Å². The van der Waals surface area contributed by atoms with Crippen molar-refractivity contribution in [2.24, 2.45) is 0 Å². The third-order valence-corrected chi connectivity index (χ3v) is 3.76. The van der Waals surface area contributed by atoms with E-state index in [4.69, 9.17) is 0 Å². The van der Waals surface area contributed by atoms with E-state index in [0.717, 1.165) is 17.9 Å². The molecule has 0 radical (unpaired) electrons. The van der Waals surface area contributed by atoms with Crippen LogP contribution in [-0.4, -0.2) is 24.5 Å². The molecular formula is C14H14IN5. The van der Waals surface area contributed by atoms with E-state index in [-0.39, 0.29) is 0 Å². The Hall–Kier alpha value is -1.70. The molecule has 0 fully saturated rings. The Morgan fingerprint density at radius 3 is 2.90 bits per heavy atom. The largest absolute Gasteiger partial charge is 0.264 e. The van der Waals surface area contributed by atoms with E-state index >= 15 is 0 Å². The average Bonchev–Trinajstić information content (AvgIpc) is 3.08. The molecule has 2 aromatic heterocycles. The minimum absolute atomic E-state index is 0.637. The third-order valence-electron chi connectivity index (χ3n) is 3.09. The van der Waals surface area contributed by atoms with Gasteiger partial charge in [0.15, 0.2) is 0 Å². The minimum Gasteiger partial charge on any atom is -0.264 e. The van der Waals surface area contributed by atoms with Crippen LogP contribution in [0, 0.1) is 3.57 Å². The van der Waals surface area contributed by atoms with Crippen molar-refractivity contribution in [3.8, 4) is 11.1 Å². The summed E-state index contributed by atoms with van der Waals surface area (Å²) < 4.78 is 5.00. The van der Waals surface area contributed by atoms with Crippen LogP contribution in [0.1, 0.15) is 12.7 Å². The van der Waals surface area contributed by atoms with Gasteiger partial charge >= 0.3 is 0 Å². The third kappa shape index (κ3) is 2.74. The summed E-state index contributed by atoms with van der Waals surface area (Å²) in [6, 6.07) is 8.38. The summed E-state index contributed by atoms with van der Waals surface area (Å²) in [6.07, 6.45) is 5.51. The van der Waals surface area contributed by atoms with Crippen LogP contribution in [0.3, 0.4) is 0 Å². The van der Waals surface area contributed by atoms with Crippen LogP contribution >= 0.6 is 22.6 Å². The number of halogens is 1. The highest BCUT2D eigenvalue weighted by atomic mass is 127. The first-order valence-electron chi connectivity index (χ1n) is 6.41. The lowest BCUT2D eigenvalue weighted by Crippen LogP contribution is -2.09. The van der Waals surface area contributed by atoms with E-state index < -0.39 is 0 Å². The Labute approximate surface area is 130 Å². The van der Waals surface area contributed by atoms with Crippen LogP contribution in [0.25, 0.3) is 11.1 Å². The van der Waals surface area contributed by atoms with Gasteiger partial charge in [-0.3, -0.25) is 4.68 Å². The number of rotatable bonds is 4. The molecule has 0 spiro atoms. The van der Waals surface area contributed by atoms with Gasteiger partial charge in [0.05, 0.1) is 6.20 Å². The van der Waals surface area contributed by atoms with Gasteiger partial charge in [-0.05, 0) is 47.2 Å². The quantitative estimate of drug-likeness (QED) is 0.655. The number of nitrogens with zero attached hydrogens (tertiary/aromatic N) is 5. The van der Waals surface area contributed by atoms with Crippen LogP contribution in [0.5, 0.6) is 0 Å². The number of aryl methyl sites for hydroxylation is 1. The predicted octanol–water partition coefficient (Wildman–Crippen LogP) is 2.81. The molecule has 0 N–H and O–H groups in total. The summed E-state index contributed by atoms with van der Waals surface area (Å²) >= 11 is 2.32. The van der Waals surface area contributed by atoms with Gasteiger partial charge < -0.3 is 0 Å². The Morgan fingerprint density at radius 2 is 2.10 bits per heavy atom. The van der Waals surface area contributed by atoms with Gasteiger partial charge in [-0.1, -0.05) is 12.1 Å². The second-order valence-electron chi connectivity index (χ2n) is 4.43. The van der Waals surface area contributed by atoms with Crippen molar-refractivity contribution in [2.45, 2.75) is 20.0 Å². The smallest absolute Gasteiger partial charge is 0.148 e. The van der Waals surface area contributed by atoms with Gasteiger partial charge in [-0.25, -0.2) is 9.67 Å². The minimum atomic E-state index is 0.637. The van der Waals surface area contributed by atoms with Crippen LogP contribution in [0.4, 0.5) is 0 Å². The fourth-order valence-electron chi connectivity index (χ4n) is 2.09. The Balaban J connectivity index is 1.84. The van der Waals surface area contributed by atoms with Crippen LogP contribution in [0.15, 0.2) is 43.0 Å². The van der Waals surface area contributed by atoms with Gasteiger partial charge in [0.25, 0.3) is 0 Å². The van der Waals surface area contributed by atoms with Crippen molar-refractivity contribution in [1.82, 2.24) is 24.5 Å². The summed E-state index contributed by atoms with van der Waals surface area (Å²) in [6.45, 7) is 3.51. The zero-order valence-electron chi connectivity index (χ0n) is 11.1. The fraction of sp³-hybridized carbons (Fsp3) is 0.214. The molecule has 0 unspecified atom stereocenters. The molecule has 2 heterocycles. The van der Waals surface area contributed by atoms with E-state index in [0.29, 0.717) is 6.54 Å². The summed E-state index contributed by atoms with van der Waals surface area (Å²) in [4.78, 5) is 4.27. The number of benzene rings is 1. The van der Waals surface area contributed by atoms with Gasteiger partial charge in [0.1, 0.15) is 18.7 Å². The molecule has 0 aliphatic carbocycles. The highest BCUT2D eigenvalue weighted by Gasteiger charge is 2.06. The number of hydrogen-bond acceptors (Lipinski definition) is 3. The second kappa shape index (κ2) is 5.74. The zero-order chi connectivity index (χ0) is 13.9. The molecule has 5 nitrogen and oxygen atoms in total. The lowest BCUT2D eigenvalue weighted by Gasteiger charge is -2.02. The van der Waals surface area contributed by atoms with Gasteiger partial charge in [-0.2, -0.15) is 10.2 Å². The number of aromatic nitrogens is 5. The molecule has 3 rings (SSSR count). The SMILES string of the molecule is CCn1ncnc1Cn1cc(-c2cccc(I)c2)cn1. The molecule has 0 amide bonds. The first-order chi connectivity index (χ1) is 9.76. The normalized spacial score (nSPS) is 10.9. The van der Waals surface area contributed by atoms with Crippen molar-refractivity contribution in [3.05, 3.63) is 52.4 Å². The zero-order valence-corrected chi connectivity index (χ0v) is 13.2. The molecule has 0 bridgehead atoms. The van der Waals surface area contributed by atoms with Crippen molar-refractivity contribution in [1.29, 1.82) is 0 Å². The van der Waals surface area contributed by atoms with Crippen LogP contribution in [-0.2, 0) is 13.1 Å². The van der Waals surface area contributed by atoms with Gasteiger partial charge in [0, 0.05) is 21.9 Å². The van der Waals surface area contributed by atoms with Crippen molar-refractivity contribution in [2.75, 3.05) is 0 Å². The number of hydrogen-bond donors (Lipinski definition) is 0. The molecule has 102 valence electrons. The Morgan fingerprint density at radius 1 is 1.20 bits per heavy atom. The second-order valence-corrected chi connectivity index (χ2v) is 5.67. The van der Waals surface area contributed by atoms with E-state index in [1.54, 1.807) is 6.33 Å². The summed E-state index contributed by atoms with van der Waals surface area (Å²) in [5.74, 6) is 0.921. The van der Waals surface area contributed by atoms with Gasteiger partial charge in [-0.15, -0.1) is 0 Å². The molecule has 1 aromatic carbocycles. The summed E-state index contributed by atoms with van der Waals surface area (Å²) in [7, 11) is 0. The lowest BCUT2D eigenvalue weighted by molar-refractivity contribution is 0.568. The van der Waals surface area contributed by atoms with Crippen LogP contribution in [0.2, 0.25) is 0 Å². The fourth-order valence-corrected chi connectivity index (χ4v) is 2.63. The molecule has 0 saturated heterocycles. The Kier molecular flexibility index (Phi) is 3.81. The molecule has 20 heavy (non-hydrogen) atoms. The maximum Gasteiger partial charge on any atom is 0.148 e. The topological polar surface area (TPSA) is 48.5 Å². The molecule has 0 saturated carbocycles. The summed E-state index contributed by atoms with van der Waals surface area (Å²) in [5.41, 5.74) is 2.30. The Bertz CT molecular complexity index is 716. The predicted molar refractivity (Wildman–Crippen MR) is 85.2 cm³/mol. The monoisotopic (exact) mass is 379 g/mol. The average molecular weight is 379 g/mol. The van der Waals surface area contributed by atoms with Gasteiger partial charge in [0.2, 0.25) is 0 Å². The van der Waals surface area contributed by atoms with E-state index in [1.165, 1.54) is 9.13 Å². The van der Waals surface area contributed by atoms with E-state index in [9.17, 15) is 0 Å². The molecular weight excluding hydrogens is 365 g/mol. The highest BCUT2D eigenvalue weighted by Crippen LogP contribution is 2.20. The first-order valence-corrected chi connectivity index (χ1v) is 7.49. The summed E-state index contributed by atoms with van der Waals surface area (Å²) in [5, 5.41) is 8.58. The van der Waals surface area contributed by atoms with Crippen molar-refractivity contribution in [3.63, 3.8) is 0 Å². The first kappa shape index (κ1) is 13.3. The maximum atomic E-state index is 4.41. The molecule has 0 atom stereocenters. The maximum absolute atomic E-state index is 4.41. The standard InChI is InChI=1S/C14H14IN5/c1-2-20-14(16-10-18-20)9-19-8-12(7-17-19)11-4-3-5-13(15)6-11/h3-8,10H,2,9H2,1H3. The highest BCUT2D eigenvalue weighted by molar-refractivity contribution is 14.1. The van der Waals surface area contributed by atoms with E-state index in [1.807, 2.05) is 21.8 Å². The molecule has 3 aromatic rings. The molecule has 0 aliphatic rings. The van der Waals surface area contributed by atoms with Crippen molar-refractivity contribution >= 4 is 22.6 Å².